The van der Waals surface area contributed by atoms with Crippen molar-refractivity contribution in [3.63, 3.8) is 0 Å². The second-order valence-corrected chi connectivity index (χ2v) is 9.47. The lowest BCUT2D eigenvalue weighted by atomic mass is 9.98. The van der Waals surface area contributed by atoms with Crippen molar-refractivity contribution in [3.05, 3.63) is 122 Å². The molecule has 7 nitrogen and oxygen atoms in total. The number of hydrogen-bond acceptors (Lipinski definition) is 6. The summed E-state index contributed by atoms with van der Waals surface area (Å²) in [5, 5.41) is 5.14. The number of aryl methyl sites for hydroxylation is 2. The minimum absolute atomic E-state index is 0.000471. The molecule has 3 heterocycles. The van der Waals surface area contributed by atoms with E-state index < -0.39 is 11.9 Å². The van der Waals surface area contributed by atoms with Crippen molar-refractivity contribution in [1.29, 1.82) is 0 Å². The number of nitrogens with zero attached hydrogens (tertiary/aromatic N) is 2. The first kappa shape index (κ1) is 23.1. The molecular weight excluding hydrogens is 492 g/mol. The normalized spacial score (nSPS) is 14.8. The van der Waals surface area contributed by atoms with E-state index in [2.05, 4.69) is 5.16 Å². The van der Waals surface area contributed by atoms with Crippen LogP contribution in [0.1, 0.15) is 44.6 Å². The number of amides is 1. The topological polar surface area (TPSA) is 85.8 Å². The molecule has 0 radical (unpaired) electrons. The molecule has 1 atom stereocenters. The van der Waals surface area contributed by atoms with E-state index in [-0.39, 0.29) is 16.8 Å². The van der Waals surface area contributed by atoms with E-state index in [0.29, 0.717) is 45.5 Å². The number of hydrogen-bond donors (Lipinski definition) is 0. The molecule has 6 rings (SSSR count). The molecule has 0 saturated carbocycles. The molecule has 0 fully saturated rings. The van der Waals surface area contributed by atoms with E-state index in [9.17, 15) is 9.59 Å². The van der Waals surface area contributed by atoms with Crippen molar-refractivity contribution in [2.24, 2.45) is 0 Å². The number of rotatable bonds is 5. The summed E-state index contributed by atoms with van der Waals surface area (Å²) in [6, 6.07) is 20.9. The Morgan fingerprint density at radius 3 is 2.57 bits per heavy atom. The molecule has 0 saturated heterocycles. The van der Waals surface area contributed by atoms with Crippen LogP contribution in [0.2, 0.25) is 5.02 Å². The molecule has 1 aliphatic heterocycles. The number of anilines is 1. The van der Waals surface area contributed by atoms with Crippen LogP contribution in [-0.4, -0.2) is 11.1 Å². The third-order valence-corrected chi connectivity index (χ3v) is 6.63. The van der Waals surface area contributed by atoms with Crippen LogP contribution < -0.4 is 15.1 Å². The Bertz CT molecular complexity index is 1720. The lowest BCUT2D eigenvalue weighted by Crippen LogP contribution is -2.29. The second-order valence-electron chi connectivity index (χ2n) is 9.03. The minimum atomic E-state index is -0.771. The summed E-state index contributed by atoms with van der Waals surface area (Å²) in [5.74, 6) is 0.967. The maximum atomic E-state index is 13.8. The van der Waals surface area contributed by atoms with Gasteiger partial charge in [-0.1, -0.05) is 52.7 Å². The molecule has 0 bridgehead atoms. The highest BCUT2D eigenvalue weighted by Crippen LogP contribution is 2.41. The Morgan fingerprint density at radius 1 is 1.00 bits per heavy atom. The van der Waals surface area contributed by atoms with Gasteiger partial charge in [-0.25, -0.2) is 0 Å². The average molecular weight is 513 g/mol. The summed E-state index contributed by atoms with van der Waals surface area (Å²) in [7, 11) is 0. The predicted octanol–water partition coefficient (Wildman–Crippen LogP) is 6.38. The molecule has 1 aliphatic rings. The highest BCUT2D eigenvalue weighted by molar-refractivity contribution is 6.30. The predicted molar refractivity (Wildman–Crippen MR) is 139 cm³/mol. The van der Waals surface area contributed by atoms with Crippen molar-refractivity contribution < 1.29 is 18.5 Å². The number of aromatic nitrogens is 1. The Labute approximate surface area is 216 Å². The smallest absolute Gasteiger partial charge is 0.296 e. The maximum absolute atomic E-state index is 13.8. The molecule has 1 unspecified atom stereocenters. The molecule has 0 spiro atoms. The number of carbonyl (C=O) groups excluding carboxylic acids is 1. The first-order valence-corrected chi connectivity index (χ1v) is 12.1. The Hall–Kier alpha value is -4.36. The molecule has 5 aromatic rings. The van der Waals surface area contributed by atoms with Gasteiger partial charge in [-0.3, -0.25) is 14.5 Å². The zero-order valence-electron chi connectivity index (χ0n) is 20.0. The minimum Gasteiger partial charge on any atom is -0.489 e. The van der Waals surface area contributed by atoms with Gasteiger partial charge in [0, 0.05) is 11.1 Å². The third-order valence-electron chi connectivity index (χ3n) is 6.38. The van der Waals surface area contributed by atoms with Gasteiger partial charge in [0.2, 0.25) is 5.76 Å². The zero-order valence-corrected chi connectivity index (χ0v) is 20.8. The van der Waals surface area contributed by atoms with Gasteiger partial charge in [-0.2, -0.15) is 0 Å². The standard InChI is InChI=1S/C29H21ClN2O5/c1-16-6-11-23-22(12-16)27(33)25-26(32(29(34)28(25)36-23)24-13-17(2)37-31-24)19-4-3-5-21(14-19)35-15-18-7-9-20(30)10-8-18/h3-14,26H,15H2,1-2H3. The zero-order chi connectivity index (χ0) is 25.7. The van der Waals surface area contributed by atoms with Crippen LogP contribution >= 0.6 is 11.6 Å². The highest BCUT2D eigenvalue weighted by Gasteiger charge is 2.45. The monoisotopic (exact) mass is 512 g/mol. The Morgan fingerprint density at radius 2 is 1.81 bits per heavy atom. The quantitative estimate of drug-likeness (QED) is 0.271. The molecule has 1 amide bonds. The van der Waals surface area contributed by atoms with Gasteiger partial charge >= 0.3 is 0 Å². The van der Waals surface area contributed by atoms with Gasteiger partial charge < -0.3 is 13.7 Å². The first-order chi connectivity index (χ1) is 17.9. The van der Waals surface area contributed by atoms with Crippen LogP contribution in [0, 0.1) is 13.8 Å². The number of carbonyl (C=O) groups is 1. The fraction of sp³-hybridized carbons (Fsp3) is 0.138. The second kappa shape index (κ2) is 8.94. The molecule has 3 aromatic carbocycles. The van der Waals surface area contributed by atoms with Crippen molar-refractivity contribution in [2.75, 3.05) is 4.90 Å². The number of fused-ring (bicyclic) bond motifs is 2. The number of benzene rings is 3. The SMILES string of the molecule is Cc1ccc2oc3c(c(=O)c2c1)C(c1cccc(OCc2ccc(Cl)cc2)c1)N(c1cc(C)on1)C3=O. The molecule has 0 N–H and O–H groups in total. The lowest BCUT2D eigenvalue weighted by molar-refractivity contribution is 0.0969. The number of halogens is 1. The fourth-order valence-electron chi connectivity index (χ4n) is 4.63. The van der Waals surface area contributed by atoms with E-state index in [4.69, 9.17) is 25.3 Å². The van der Waals surface area contributed by atoms with Gasteiger partial charge in [-0.05, 0) is 61.4 Å². The van der Waals surface area contributed by atoms with E-state index in [1.54, 1.807) is 37.3 Å². The summed E-state index contributed by atoms with van der Waals surface area (Å²) in [4.78, 5) is 28.9. The van der Waals surface area contributed by atoms with Crippen LogP contribution in [0.5, 0.6) is 5.75 Å². The van der Waals surface area contributed by atoms with E-state index in [1.807, 2.05) is 49.4 Å². The fourth-order valence-corrected chi connectivity index (χ4v) is 4.75. The molecular formula is C29H21ClN2O5. The van der Waals surface area contributed by atoms with Gasteiger partial charge in [0.15, 0.2) is 11.2 Å². The summed E-state index contributed by atoms with van der Waals surface area (Å²) >= 11 is 5.98. The largest absolute Gasteiger partial charge is 0.489 e. The van der Waals surface area contributed by atoms with E-state index in [1.165, 1.54) is 4.90 Å². The van der Waals surface area contributed by atoms with Crippen molar-refractivity contribution in [1.82, 2.24) is 5.16 Å². The van der Waals surface area contributed by atoms with Gasteiger partial charge in [0.25, 0.3) is 5.91 Å². The van der Waals surface area contributed by atoms with Gasteiger partial charge in [0.1, 0.15) is 23.7 Å². The van der Waals surface area contributed by atoms with Crippen molar-refractivity contribution >= 4 is 34.3 Å². The van der Waals surface area contributed by atoms with Crippen LogP contribution in [0.15, 0.2) is 86.5 Å². The van der Waals surface area contributed by atoms with Gasteiger partial charge in [-0.15, -0.1) is 0 Å². The van der Waals surface area contributed by atoms with E-state index in [0.717, 1.165) is 11.1 Å². The Kier molecular flexibility index (Phi) is 5.57. The van der Waals surface area contributed by atoms with Crippen LogP contribution in [0.3, 0.4) is 0 Å². The Balaban J connectivity index is 1.47. The van der Waals surface area contributed by atoms with Crippen LogP contribution in [0.4, 0.5) is 5.82 Å². The molecule has 0 aliphatic carbocycles. The molecule has 2 aromatic heterocycles. The van der Waals surface area contributed by atoms with E-state index >= 15 is 0 Å². The summed E-state index contributed by atoms with van der Waals surface area (Å²) < 4.78 is 17.3. The van der Waals surface area contributed by atoms with Crippen molar-refractivity contribution in [2.45, 2.75) is 26.5 Å². The van der Waals surface area contributed by atoms with Crippen molar-refractivity contribution in [3.8, 4) is 5.75 Å². The van der Waals surface area contributed by atoms with Gasteiger partial charge in [0.05, 0.1) is 17.0 Å². The highest BCUT2D eigenvalue weighted by atomic mass is 35.5. The molecule has 184 valence electrons. The first-order valence-electron chi connectivity index (χ1n) is 11.7. The third kappa shape index (κ3) is 4.07. The summed E-state index contributed by atoms with van der Waals surface area (Å²) in [6.07, 6.45) is 0. The summed E-state index contributed by atoms with van der Waals surface area (Å²) in [6.45, 7) is 3.98. The molecule has 8 heteroatoms. The van der Waals surface area contributed by atoms with Crippen LogP contribution in [0.25, 0.3) is 11.0 Å². The molecule has 37 heavy (non-hydrogen) atoms. The number of ether oxygens (including phenoxy) is 1. The summed E-state index contributed by atoms with van der Waals surface area (Å²) in [5.41, 5.74) is 2.92. The van der Waals surface area contributed by atoms with Crippen LogP contribution in [-0.2, 0) is 6.61 Å². The maximum Gasteiger partial charge on any atom is 0.296 e. The average Bonchev–Trinajstić information content (AvgIpc) is 3.45. The lowest BCUT2D eigenvalue weighted by Gasteiger charge is -2.23.